The van der Waals surface area contributed by atoms with Gasteiger partial charge in [-0.25, -0.2) is 0 Å². The van der Waals surface area contributed by atoms with E-state index < -0.39 is 0 Å². The molecule has 1 saturated heterocycles. The molecule has 1 aliphatic heterocycles. The van der Waals surface area contributed by atoms with Crippen LogP contribution in [0.15, 0.2) is 53.1 Å². The smallest absolute Gasteiger partial charge is 0.257 e. The second kappa shape index (κ2) is 7.40. The lowest BCUT2D eigenvalue weighted by molar-refractivity contribution is 0.0747. The first-order valence-electron chi connectivity index (χ1n) is 8.81. The van der Waals surface area contributed by atoms with E-state index in [2.05, 4.69) is 15.0 Å². The van der Waals surface area contributed by atoms with Crippen LogP contribution in [0.4, 0.5) is 5.69 Å². The number of carbonyl (C=O) groups excluding carboxylic acids is 1. The van der Waals surface area contributed by atoms with Crippen molar-refractivity contribution in [1.82, 2.24) is 15.0 Å². The number of benzene rings is 2. The molecule has 0 radical (unpaired) electrons. The Kier molecular flexibility index (Phi) is 4.81. The molecule has 0 bridgehead atoms. The SMILES string of the molecule is Cc1noc(-c2ccc(C(=O)N3CCN(c4cccc(Cl)c4)CC3)cc2)n1. The molecule has 3 aromatic rings. The van der Waals surface area contributed by atoms with Gasteiger partial charge in [-0.3, -0.25) is 4.79 Å². The molecule has 0 N–H and O–H groups in total. The number of halogens is 1. The normalized spacial score (nSPS) is 14.4. The summed E-state index contributed by atoms with van der Waals surface area (Å²) in [4.78, 5) is 21.1. The molecular formula is C20H19ClN4O2. The summed E-state index contributed by atoms with van der Waals surface area (Å²) in [6, 6.07) is 15.1. The van der Waals surface area contributed by atoms with Gasteiger partial charge in [0.1, 0.15) is 0 Å². The third kappa shape index (κ3) is 3.80. The van der Waals surface area contributed by atoms with E-state index in [0.29, 0.717) is 30.4 Å². The molecule has 2 aromatic carbocycles. The van der Waals surface area contributed by atoms with Crippen molar-refractivity contribution in [3.05, 3.63) is 64.9 Å². The van der Waals surface area contributed by atoms with Gasteiger partial charge in [0.2, 0.25) is 0 Å². The van der Waals surface area contributed by atoms with Gasteiger partial charge in [0.05, 0.1) is 0 Å². The molecule has 2 heterocycles. The van der Waals surface area contributed by atoms with E-state index in [-0.39, 0.29) is 5.91 Å². The molecule has 4 rings (SSSR count). The highest BCUT2D eigenvalue weighted by Gasteiger charge is 2.22. The van der Waals surface area contributed by atoms with E-state index in [1.54, 1.807) is 19.1 Å². The number of hydrogen-bond donors (Lipinski definition) is 0. The minimum Gasteiger partial charge on any atom is -0.368 e. The number of aryl methyl sites for hydroxylation is 1. The molecule has 27 heavy (non-hydrogen) atoms. The molecule has 0 atom stereocenters. The molecular weight excluding hydrogens is 364 g/mol. The van der Waals surface area contributed by atoms with Crippen molar-refractivity contribution < 1.29 is 9.32 Å². The molecule has 1 aliphatic rings. The van der Waals surface area contributed by atoms with Crippen molar-refractivity contribution >= 4 is 23.2 Å². The molecule has 0 unspecified atom stereocenters. The number of aromatic nitrogens is 2. The summed E-state index contributed by atoms with van der Waals surface area (Å²) in [5.41, 5.74) is 2.55. The van der Waals surface area contributed by atoms with Crippen LogP contribution < -0.4 is 4.90 Å². The van der Waals surface area contributed by atoms with Crippen LogP contribution in [0.2, 0.25) is 5.02 Å². The number of anilines is 1. The van der Waals surface area contributed by atoms with Crippen molar-refractivity contribution in [1.29, 1.82) is 0 Å². The number of hydrogen-bond acceptors (Lipinski definition) is 5. The van der Waals surface area contributed by atoms with Crippen LogP contribution >= 0.6 is 11.6 Å². The van der Waals surface area contributed by atoms with Crippen molar-refractivity contribution in [2.75, 3.05) is 31.1 Å². The van der Waals surface area contributed by atoms with Gasteiger partial charge in [-0.2, -0.15) is 4.98 Å². The van der Waals surface area contributed by atoms with Crippen LogP contribution in [0.3, 0.4) is 0 Å². The maximum Gasteiger partial charge on any atom is 0.257 e. The van der Waals surface area contributed by atoms with Gasteiger partial charge in [0, 0.05) is 48.0 Å². The Morgan fingerprint density at radius 1 is 1.07 bits per heavy atom. The largest absolute Gasteiger partial charge is 0.368 e. The second-order valence-electron chi connectivity index (χ2n) is 6.48. The highest BCUT2D eigenvalue weighted by atomic mass is 35.5. The van der Waals surface area contributed by atoms with Crippen molar-refractivity contribution in [2.24, 2.45) is 0 Å². The molecule has 1 fully saturated rings. The van der Waals surface area contributed by atoms with E-state index in [0.717, 1.165) is 29.4 Å². The molecule has 0 spiro atoms. The fourth-order valence-electron chi connectivity index (χ4n) is 3.19. The fraction of sp³-hybridized carbons (Fsp3) is 0.250. The maximum atomic E-state index is 12.8. The zero-order valence-corrected chi connectivity index (χ0v) is 15.7. The Hall–Kier alpha value is -2.86. The zero-order valence-electron chi connectivity index (χ0n) is 14.9. The molecule has 7 heteroatoms. The monoisotopic (exact) mass is 382 g/mol. The van der Waals surface area contributed by atoms with Crippen molar-refractivity contribution in [3.63, 3.8) is 0 Å². The minimum atomic E-state index is 0.0361. The van der Waals surface area contributed by atoms with Crippen LogP contribution in [0.25, 0.3) is 11.5 Å². The average Bonchev–Trinajstić information content (AvgIpc) is 3.14. The Bertz CT molecular complexity index is 947. The first-order chi connectivity index (χ1) is 13.1. The van der Waals surface area contributed by atoms with E-state index in [9.17, 15) is 4.79 Å². The van der Waals surface area contributed by atoms with Gasteiger partial charge < -0.3 is 14.3 Å². The standard InChI is InChI=1S/C20H19ClN4O2/c1-14-22-19(27-23-14)15-5-7-16(8-6-15)20(26)25-11-9-24(10-12-25)18-4-2-3-17(21)13-18/h2-8,13H,9-12H2,1H3. The first kappa shape index (κ1) is 17.5. The molecule has 1 aromatic heterocycles. The van der Waals surface area contributed by atoms with Crippen LogP contribution in [0.5, 0.6) is 0 Å². The second-order valence-corrected chi connectivity index (χ2v) is 6.92. The third-order valence-electron chi connectivity index (χ3n) is 4.65. The van der Waals surface area contributed by atoms with Gasteiger partial charge in [-0.15, -0.1) is 0 Å². The summed E-state index contributed by atoms with van der Waals surface area (Å²) >= 11 is 6.08. The van der Waals surface area contributed by atoms with E-state index in [4.69, 9.17) is 16.1 Å². The van der Waals surface area contributed by atoms with E-state index >= 15 is 0 Å². The van der Waals surface area contributed by atoms with Gasteiger partial charge in [-0.1, -0.05) is 22.8 Å². The Labute approximate surface area is 162 Å². The predicted octanol–water partition coefficient (Wildman–Crippen LogP) is 3.66. The quantitative estimate of drug-likeness (QED) is 0.691. The number of piperazine rings is 1. The van der Waals surface area contributed by atoms with Crippen LogP contribution in [-0.2, 0) is 0 Å². The lowest BCUT2D eigenvalue weighted by Crippen LogP contribution is -2.48. The molecule has 1 amide bonds. The summed E-state index contributed by atoms with van der Waals surface area (Å²) in [6.07, 6.45) is 0. The van der Waals surface area contributed by atoms with Crippen LogP contribution in [0, 0.1) is 6.92 Å². The van der Waals surface area contributed by atoms with Crippen LogP contribution in [-0.4, -0.2) is 47.1 Å². The molecule has 138 valence electrons. The van der Waals surface area contributed by atoms with Crippen molar-refractivity contribution in [3.8, 4) is 11.5 Å². The lowest BCUT2D eigenvalue weighted by Gasteiger charge is -2.36. The number of amides is 1. The minimum absolute atomic E-state index is 0.0361. The van der Waals surface area contributed by atoms with Gasteiger partial charge in [0.15, 0.2) is 5.82 Å². The highest BCUT2D eigenvalue weighted by molar-refractivity contribution is 6.30. The summed E-state index contributed by atoms with van der Waals surface area (Å²) < 4.78 is 5.16. The molecule has 0 saturated carbocycles. The first-order valence-corrected chi connectivity index (χ1v) is 9.18. The Morgan fingerprint density at radius 3 is 2.44 bits per heavy atom. The number of rotatable bonds is 3. The molecule has 6 nitrogen and oxygen atoms in total. The summed E-state index contributed by atoms with van der Waals surface area (Å²) in [6.45, 7) is 4.69. The van der Waals surface area contributed by atoms with Gasteiger partial charge in [0.25, 0.3) is 11.8 Å². The molecule has 0 aliphatic carbocycles. The van der Waals surface area contributed by atoms with E-state index in [1.165, 1.54) is 0 Å². The zero-order chi connectivity index (χ0) is 18.8. The number of carbonyl (C=O) groups is 1. The average molecular weight is 383 g/mol. The van der Waals surface area contributed by atoms with Gasteiger partial charge in [-0.05, 0) is 49.4 Å². The predicted molar refractivity (Wildman–Crippen MR) is 104 cm³/mol. The summed E-state index contributed by atoms with van der Waals surface area (Å²) in [5, 5.41) is 4.51. The van der Waals surface area contributed by atoms with Crippen molar-refractivity contribution in [2.45, 2.75) is 6.92 Å². The maximum absolute atomic E-state index is 12.8. The topological polar surface area (TPSA) is 62.5 Å². The lowest BCUT2D eigenvalue weighted by atomic mass is 10.1. The summed E-state index contributed by atoms with van der Waals surface area (Å²) in [7, 11) is 0. The van der Waals surface area contributed by atoms with E-state index in [1.807, 2.05) is 41.3 Å². The summed E-state index contributed by atoms with van der Waals surface area (Å²) in [5.74, 6) is 1.08. The highest BCUT2D eigenvalue weighted by Crippen LogP contribution is 2.22. The number of nitrogens with zero attached hydrogens (tertiary/aromatic N) is 4. The Balaban J connectivity index is 1.40. The van der Waals surface area contributed by atoms with Crippen LogP contribution in [0.1, 0.15) is 16.2 Å². The Morgan fingerprint density at radius 2 is 1.81 bits per heavy atom. The third-order valence-corrected chi connectivity index (χ3v) is 4.88. The van der Waals surface area contributed by atoms with Gasteiger partial charge >= 0.3 is 0 Å². The fourth-order valence-corrected chi connectivity index (χ4v) is 3.38.